The Hall–Kier alpha value is -1.92. The monoisotopic (exact) mass is 350 g/mol. The minimum absolute atomic E-state index is 0. The number of nitrogens with zero attached hydrogens (tertiary/aromatic N) is 2. The Labute approximate surface area is 147 Å². The molecule has 130 valence electrons. The Balaban J connectivity index is 0.00000208. The maximum absolute atomic E-state index is 12.5. The van der Waals surface area contributed by atoms with Crippen LogP contribution in [0, 0.1) is 6.92 Å². The van der Waals surface area contributed by atoms with Gasteiger partial charge in [0.05, 0.1) is 17.2 Å². The van der Waals surface area contributed by atoms with Crippen molar-refractivity contribution >= 4 is 29.2 Å². The number of fused-ring (bicyclic) bond motifs is 1. The van der Waals surface area contributed by atoms with Gasteiger partial charge in [-0.05, 0) is 37.9 Å². The summed E-state index contributed by atoms with van der Waals surface area (Å²) in [6.45, 7) is 4.12. The van der Waals surface area contributed by atoms with Gasteiger partial charge in [0, 0.05) is 25.6 Å². The van der Waals surface area contributed by atoms with Gasteiger partial charge in [0.25, 0.3) is 5.56 Å². The second kappa shape index (κ2) is 8.26. The van der Waals surface area contributed by atoms with Gasteiger partial charge in [0.2, 0.25) is 5.91 Å². The van der Waals surface area contributed by atoms with E-state index in [-0.39, 0.29) is 36.3 Å². The van der Waals surface area contributed by atoms with E-state index in [4.69, 9.17) is 0 Å². The van der Waals surface area contributed by atoms with E-state index in [0.29, 0.717) is 11.9 Å². The summed E-state index contributed by atoms with van der Waals surface area (Å²) in [4.78, 5) is 28.9. The van der Waals surface area contributed by atoms with Crippen LogP contribution in [-0.4, -0.2) is 34.6 Å². The average molecular weight is 351 g/mol. The molecule has 1 saturated heterocycles. The molecule has 6 nitrogen and oxygen atoms in total. The molecular weight excluding hydrogens is 328 g/mol. The van der Waals surface area contributed by atoms with E-state index in [1.165, 1.54) is 10.9 Å². The molecule has 1 aliphatic rings. The van der Waals surface area contributed by atoms with Gasteiger partial charge in [0.1, 0.15) is 0 Å². The van der Waals surface area contributed by atoms with E-state index in [9.17, 15) is 9.59 Å². The third-order valence-corrected chi connectivity index (χ3v) is 4.30. The fourth-order valence-electron chi connectivity index (χ4n) is 2.99. The van der Waals surface area contributed by atoms with Gasteiger partial charge >= 0.3 is 0 Å². The molecule has 1 aromatic heterocycles. The van der Waals surface area contributed by atoms with Crippen molar-refractivity contribution in [2.24, 2.45) is 0 Å². The van der Waals surface area contributed by atoms with Crippen LogP contribution in [0.15, 0.2) is 29.3 Å². The molecule has 1 aromatic carbocycles. The van der Waals surface area contributed by atoms with E-state index in [0.717, 1.165) is 37.0 Å². The largest absolute Gasteiger partial charge is 0.352 e. The molecule has 1 fully saturated rings. The van der Waals surface area contributed by atoms with Crippen molar-refractivity contribution in [2.45, 2.75) is 38.8 Å². The molecule has 0 aliphatic carbocycles. The first kappa shape index (κ1) is 18.4. The number of aromatic nitrogens is 2. The molecule has 1 unspecified atom stereocenters. The molecule has 2 heterocycles. The summed E-state index contributed by atoms with van der Waals surface area (Å²) in [5, 5.41) is 6.89. The van der Waals surface area contributed by atoms with Crippen LogP contribution in [0.3, 0.4) is 0 Å². The smallest absolute Gasteiger partial charge is 0.261 e. The first-order valence-corrected chi connectivity index (χ1v) is 8.10. The number of para-hydroxylation sites is 1. The first-order valence-electron chi connectivity index (χ1n) is 8.10. The molecule has 2 N–H and O–H groups in total. The predicted molar refractivity (Wildman–Crippen MR) is 96.6 cm³/mol. The standard InChI is InChI=1S/C17H22N4O2.ClH/c1-12-4-2-6-14-16(12)19-11-21(17(14)23)9-7-15(22)20-13-5-3-8-18-10-13;/h2,4,6,11,13,18H,3,5,7-10H2,1H3,(H,20,22);1H. The third-order valence-electron chi connectivity index (χ3n) is 4.30. The molecular formula is C17H23ClN4O2. The van der Waals surface area contributed by atoms with Crippen LogP contribution in [-0.2, 0) is 11.3 Å². The highest BCUT2D eigenvalue weighted by Crippen LogP contribution is 2.11. The summed E-state index contributed by atoms with van der Waals surface area (Å²) in [5.41, 5.74) is 1.62. The number of piperidine rings is 1. The highest BCUT2D eigenvalue weighted by molar-refractivity contribution is 5.85. The summed E-state index contributed by atoms with van der Waals surface area (Å²) >= 11 is 0. The number of nitrogens with one attached hydrogen (secondary N) is 2. The van der Waals surface area contributed by atoms with Crippen LogP contribution in [0.1, 0.15) is 24.8 Å². The third kappa shape index (κ3) is 4.13. The second-order valence-electron chi connectivity index (χ2n) is 6.07. The van der Waals surface area contributed by atoms with E-state index >= 15 is 0 Å². The zero-order valence-electron chi connectivity index (χ0n) is 13.7. The molecule has 0 bridgehead atoms. The van der Waals surface area contributed by atoms with Crippen molar-refractivity contribution in [3.63, 3.8) is 0 Å². The van der Waals surface area contributed by atoms with Crippen molar-refractivity contribution in [1.29, 1.82) is 0 Å². The highest BCUT2D eigenvalue weighted by atomic mass is 35.5. The number of hydrogen-bond acceptors (Lipinski definition) is 4. The molecule has 3 rings (SSSR count). The van der Waals surface area contributed by atoms with E-state index in [1.807, 2.05) is 19.1 Å². The molecule has 0 saturated carbocycles. The lowest BCUT2D eigenvalue weighted by molar-refractivity contribution is -0.122. The van der Waals surface area contributed by atoms with Gasteiger partial charge in [-0.15, -0.1) is 12.4 Å². The molecule has 1 amide bonds. The maximum Gasteiger partial charge on any atom is 0.261 e. The van der Waals surface area contributed by atoms with Gasteiger partial charge in [-0.2, -0.15) is 0 Å². The number of benzene rings is 1. The van der Waals surface area contributed by atoms with Crippen molar-refractivity contribution in [3.05, 3.63) is 40.4 Å². The Kier molecular flexibility index (Phi) is 6.34. The predicted octanol–water partition coefficient (Wildman–Crippen LogP) is 1.39. The molecule has 24 heavy (non-hydrogen) atoms. The van der Waals surface area contributed by atoms with Crippen molar-refractivity contribution < 1.29 is 4.79 Å². The van der Waals surface area contributed by atoms with Gasteiger partial charge < -0.3 is 10.6 Å². The lowest BCUT2D eigenvalue weighted by atomic mass is 10.1. The number of aryl methyl sites for hydroxylation is 2. The summed E-state index contributed by atoms with van der Waals surface area (Å²) in [5.74, 6) is -0.0186. The molecule has 1 aliphatic heterocycles. The van der Waals surface area contributed by atoms with E-state index in [2.05, 4.69) is 15.6 Å². The normalized spacial score (nSPS) is 17.3. The number of carbonyl (C=O) groups is 1. The molecule has 2 aromatic rings. The van der Waals surface area contributed by atoms with Crippen LogP contribution in [0.25, 0.3) is 10.9 Å². The molecule has 0 spiro atoms. The Morgan fingerprint density at radius 2 is 2.29 bits per heavy atom. The minimum Gasteiger partial charge on any atom is -0.352 e. The van der Waals surface area contributed by atoms with Gasteiger partial charge in [-0.1, -0.05) is 12.1 Å². The molecule has 7 heteroatoms. The molecule has 1 atom stereocenters. The Bertz CT molecular complexity index is 769. The first-order chi connectivity index (χ1) is 11.1. The summed E-state index contributed by atoms with van der Waals surface area (Å²) in [7, 11) is 0. The zero-order valence-corrected chi connectivity index (χ0v) is 14.6. The van der Waals surface area contributed by atoms with Crippen molar-refractivity contribution in [1.82, 2.24) is 20.2 Å². The Morgan fingerprint density at radius 1 is 1.46 bits per heavy atom. The number of halogens is 1. The fourth-order valence-corrected chi connectivity index (χ4v) is 2.99. The van der Waals surface area contributed by atoms with E-state index < -0.39 is 0 Å². The summed E-state index contributed by atoms with van der Waals surface area (Å²) in [6, 6.07) is 5.77. The van der Waals surface area contributed by atoms with E-state index in [1.54, 1.807) is 6.07 Å². The zero-order chi connectivity index (χ0) is 16.2. The van der Waals surface area contributed by atoms with Gasteiger partial charge in [-0.3, -0.25) is 14.2 Å². The number of carbonyl (C=O) groups excluding carboxylic acids is 1. The summed E-state index contributed by atoms with van der Waals surface area (Å²) < 4.78 is 1.51. The fraction of sp³-hybridized carbons (Fsp3) is 0.471. The number of hydrogen-bond donors (Lipinski definition) is 2. The van der Waals surface area contributed by atoms with Gasteiger partial charge in [0.15, 0.2) is 0 Å². The SMILES string of the molecule is Cc1cccc2c(=O)n(CCC(=O)NC3CCCNC3)cnc12.Cl. The van der Waals surface area contributed by atoms with Crippen molar-refractivity contribution in [3.8, 4) is 0 Å². The second-order valence-corrected chi connectivity index (χ2v) is 6.07. The lowest BCUT2D eigenvalue weighted by Crippen LogP contribution is -2.45. The van der Waals surface area contributed by atoms with Crippen LogP contribution >= 0.6 is 12.4 Å². The Morgan fingerprint density at radius 3 is 3.04 bits per heavy atom. The highest BCUT2D eigenvalue weighted by Gasteiger charge is 2.15. The van der Waals surface area contributed by atoms with Crippen LogP contribution in [0.2, 0.25) is 0 Å². The van der Waals surface area contributed by atoms with Crippen molar-refractivity contribution in [2.75, 3.05) is 13.1 Å². The van der Waals surface area contributed by atoms with Crippen LogP contribution < -0.4 is 16.2 Å². The van der Waals surface area contributed by atoms with Crippen LogP contribution in [0.5, 0.6) is 0 Å². The minimum atomic E-state index is -0.0918. The summed E-state index contributed by atoms with van der Waals surface area (Å²) in [6.07, 6.45) is 3.91. The molecule has 0 radical (unpaired) electrons. The quantitative estimate of drug-likeness (QED) is 0.873. The topological polar surface area (TPSA) is 76.0 Å². The number of amides is 1. The lowest BCUT2D eigenvalue weighted by Gasteiger charge is -2.23. The maximum atomic E-state index is 12.5. The van der Waals surface area contributed by atoms with Gasteiger partial charge in [-0.25, -0.2) is 4.98 Å². The average Bonchev–Trinajstić information content (AvgIpc) is 2.56. The van der Waals surface area contributed by atoms with Crippen LogP contribution in [0.4, 0.5) is 0 Å². The number of rotatable bonds is 4.